The fourth-order valence-corrected chi connectivity index (χ4v) is 3.44. The van der Waals surface area contributed by atoms with Gasteiger partial charge in [-0.3, -0.25) is 10.1 Å². The second-order valence-electron chi connectivity index (χ2n) is 4.93. The van der Waals surface area contributed by atoms with Crippen LogP contribution in [0.1, 0.15) is 11.1 Å². The fraction of sp³-hybridized carbons (Fsp3) is 0.200. The van der Waals surface area contributed by atoms with Gasteiger partial charge in [0.05, 0.1) is 9.82 Å². The summed E-state index contributed by atoms with van der Waals surface area (Å²) in [4.78, 5) is 10.1. The molecule has 0 radical (unpaired) electrons. The van der Waals surface area contributed by atoms with Crippen LogP contribution in [0.3, 0.4) is 0 Å². The zero-order chi connectivity index (χ0) is 17.0. The van der Waals surface area contributed by atoms with Gasteiger partial charge in [0.2, 0.25) is 10.0 Å². The van der Waals surface area contributed by atoms with Gasteiger partial charge in [0.15, 0.2) is 0 Å². The van der Waals surface area contributed by atoms with Gasteiger partial charge in [-0.25, -0.2) is 17.5 Å². The van der Waals surface area contributed by atoms with Crippen LogP contribution in [-0.2, 0) is 16.4 Å². The molecule has 2 aromatic carbocycles. The van der Waals surface area contributed by atoms with E-state index in [4.69, 9.17) is 0 Å². The Balaban J connectivity index is 2.12. The highest BCUT2D eigenvalue weighted by atomic mass is 32.2. The first-order chi connectivity index (χ1) is 10.8. The number of hydrogen-bond donors (Lipinski definition) is 1. The van der Waals surface area contributed by atoms with E-state index in [0.717, 1.165) is 5.56 Å². The number of benzene rings is 2. The second-order valence-corrected chi connectivity index (χ2v) is 6.67. The van der Waals surface area contributed by atoms with Gasteiger partial charge >= 0.3 is 0 Å². The predicted octanol–water partition coefficient (Wildman–Crippen LogP) is 2.56. The van der Waals surface area contributed by atoms with Gasteiger partial charge in [-0.15, -0.1) is 0 Å². The molecule has 0 spiro atoms. The minimum atomic E-state index is -3.85. The molecule has 1 N–H and O–H groups in total. The van der Waals surface area contributed by atoms with E-state index in [1.165, 1.54) is 37.3 Å². The smallest absolute Gasteiger partial charge is 0.258 e. The zero-order valence-corrected chi connectivity index (χ0v) is 13.1. The van der Waals surface area contributed by atoms with Crippen molar-refractivity contribution in [2.45, 2.75) is 18.2 Å². The molecule has 0 saturated carbocycles. The molecule has 0 amide bonds. The Morgan fingerprint density at radius 3 is 2.43 bits per heavy atom. The average Bonchev–Trinajstić information content (AvgIpc) is 2.49. The molecule has 6 nitrogen and oxygen atoms in total. The van der Waals surface area contributed by atoms with Crippen molar-refractivity contribution >= 4 is 15.7 Å². The van der Waals surface area contributed by atoms with Crippen molar-refractivity contribution in [3.63, 3.8) is 0 Å². The molecule has 23 heavy (non-hydrogen) atoms. The van der Waals surface area contributed by atoms with Crippen LogP contribution >= 0.6 is 0 Å². The fourth-order valence-electron chi connectivity index (χ4n) is 2.15. The Morgan fingerprint density at radius 2 is 1.83 bits per heavy atom. The lowest BCUT2D eigenvalue weighted by molar-refractivity contribution is -0.385. The van der Waals surface area contributed by atoms with E-state index >= 15 is 0 Å². The standard InChI is InChI=1S/C15H15FN2O4S/c1-11-14(18(19)20)3-2-4-15(11)23(21,22)17-10-9-12-5-7-13(16)8-6-12/h2-8,17H,9-10H2,1H3. The quantitative estimate of drug-likeness (QED) is 0.647. The van der Waals surface area contributed by atoms with E-state index in [9.17, 15) is 22.9 Å². The summed E-state index contributed by atoms with van der Waals surface area (Å²) in [6.07, 6.45) is 0.382. The Morgan fingerprint density at radius 1 is 1.17 bits per heavy atom. The van der Waals surface area contributed by atoms with Crippen LogP contribution in [0.5, 0.6) is 0 Å². The van der Waals surface area contributed by atoms with Crippen LogP contribution in [0.15, 0.2) is 47.4 Å². The third kappa shape index (κ3) is 4.11. The summed E-state index contributed by atoms with van der Waals surface area (Å²) >= 11 is 0. The van der Waals surface area contributed by atoms with Crippen LogP contribution in [0.2, 0.25) is 0 Å². The van der Waals surface area contributed by atoms with Gasteiger partial charge in [0.25, 0.3) is 5.69 Å². The van der Waals surface area contributed by atoms with Crippen molar-refractivity contribution in [2.75, 3.05) is 6.54 Å². The van der Waals surface area contributed by atoms with Crippen molar-refractivity contribution in [1.82, 2.24) is 4.72 Å². The van der Waals surface area contributed by atoms with Crippen molar-refractivity contribution in [2.24, 2.45) is 0 Å². The van der Waals surface area contributed by atoms with E-state index in [2.05, 4.69) is 4.72 Å². The number of halogens is 1. The molecule has 0 saturated heterocycles. The molecule has 0 aromatic heterocycles. The topological polar surface area (TPSA) is 89.3 Å². The minimum Gasteiger partial charge on any atom is -0.258 e. The molecule has 8 heteroatoms. The van der Waals surface area contributed by atoms with E-state index in [1.807, 2.05) is 0 Å². The molecule has 122 valence electrons. The Kier molecular flexibility index (Phi) is 5.07. The first-order valence-corrected chi connectivity index (χ1v) is 8.27. The van der Waals surface area contributed by atoms with Gasteiger partial charge < -0.3 is 0 Å². The first kappa shape index (κ1) is 17.0. The van der Waals surface area contributed by atoms with E-state index in [0.29, 0.717) is 6.42 Å². The third-order valence-electron chi connectivity index (χ3n) is 3.36. The molecule has 0 aliphatic rings. The molecule has 0 fully saturated rings. The second kappa shape index (κ2) is 6.84. The molecule has 0 heterocycles. The number of nitro benzene ring substituents is 1. The summed E-state index contributed by atoms with van der Waals surface area (Å²) in [6, 6.07) is 9.66. The van der Waals surface area contributed by atoms with E-state index < -0.39 is 14.9 Å². The first-order valence-electron chi connectivity index (χ1n) is 6.79. The molecule has 2 rings (SSSR count). The lowest BCUT2D eigenvalue weighted by Gasteiger charge is -2.09. The largest absolute Gasteiger partial charge is 0.273 e. The molecule has 2 aromatic rings. The average molecular weight is 338 g/mol. The van der Waals surface area contributed by atoms with Gasteiger partial charge in [0, 0.05) is 18.2 Å². The molecule has 0 atom stereocenters. The van der Waals surface area contributed by atoms with Crippen LogP contribution < -0.4 is 4.72 Å². The van der Waals surface area contributed by atoms with E-state index in [1.54, 1.807) is 12.1 Å². The number of hydrogen-bond acceptors (Lipinski definition) is 4. The Hall–Kier alpha value is -2.32. The van der Waals surface area contributed by atoms with Crippen molar-refractivity contribution in [3.8, 4) is 0 Å². The molecule has 0 unspecified atom stereocenters. The predicted molar refractivity (Wildman–Crippen MR) is 83.1 cm³/mol. The molecular formula is C15H15FN2O4S. The Labute approximate surface area is 133 Å². The summed E-state index contributed by atoms with van der Waals surface area (Å²) in [5.74, 6) is -0.360. The van der Waals surface area contributed by atoms with Crippen molar-refractivity contribution in [1.29, 1.82) is 0 Å². The highest BCUT2D eigenvalue weighted by molar-refractivity contribution is 7.89. The summed E-state index contributed by atoms with van der Waals surface area (Å²) in [5, 5.41) is 10.9. The van der Waals surface area contributed by atoms with Gasteiger partial charge in [-0.2, -0.15) is 0 Å². The summed E-state index contributed by atoms with van der Waals surface area (Å²) in [7, 11) is -3.85. The highest BCUT2D eigenvalue weighted by Gasteiger charge is 2.22. The van der Waals surface area contributed by atoms with E-state index in [-0.39, 0.29) is 28.5 Å². The Bertz CT molecular complexity index is 820. The lowest BCUT2D eigenvalue weighted by atomic mass is 10.1. The van der Waals surface area contributed by atoms with Crippen LogP contribution in [0.25, 0.3) is 0 Å². The number of nitro groups is 1. The van der Waals surface area contributed by atoms with Gasteiger partial charge in [-0.1, -0.05) is 18.2 Å². The van der Waals surface area contributed by atoms with Crippen molar-refractivity contribution < 1.29 is 17.7 Å². The highest BCUT2D eigenvalue weighted by Crippen LogP contribution is 2.24. The summed E-state index contributed by atoms with van der Waals surface area (Å²) < 4.78 is 39.8. The molecule has 0 aliphatic carbocycles. The number of nitrogens with zero attached hydrogens (tertiary/aromatic N) is 1. The summed E-state index contributed by atoms with van der Waals surface area (Å²) in [5.41, 5.74) is 0.628. The number of nitrogens with one attached hydrogen (secondary N) is 1. The zero-order valence-electron chi connectivity index (χ0n) is 12.3. The maximum atomic E-state index is 12.8. The number of rotatable bonds is 6. The summed E-state index contributed by atoms with van der Waals surface area (Å²) in [6.45, 7) is 1.50. The van der Waals surface area contributed by atoms with Crippen LogP contribution in [-0.4, -0.2) is 19.9 Å². The normalized spacial score (nSPS) is 11.4. The van der Waals surface area contributed by atoms with Gasteiger partial charge in [0.1, 0.15) is 5.82 Å². The monoisotopic (exact) mass is 338 g/mol. The minimum absolute atomic E-state index is 0.0896. The van der Waals surface area contributed by atoms with Crippen molar-refractivity contribution in [3.05, 3.63) is 69.5 Å². The molecular weight excluding hydrogens is 323 g/mol. The van der Waals surface area contributed by atoms with Crippen LogP contribution in [0, 0.1) is 22.9 Å². The lowest BCUT2D eigenvalue weighted by Crippen LogP contribution is -2.26. The molecule has 0 bridgehead atoms. The third-order valence-corrected chi connectivity index (χ3v) is 4.97. The maximum absolute atomic E-state index is 12.8. The van der Waals surface area contributed by atoms with Crippen LogP contribution in [0.4, 0.5) is 10.1 Å². The molecule has 0 aliphatic heterocycles. The SMILES string of the molecule is Cc1c([N+](=O)[O-])cccc1S(=O)(=O)NCCc1ccc(F)cc1. The number of sulfonamides is 1. The maximum Gasteiger partial charge on any atom is 0.273 e. The van der Waals surface area contributed by atoms with Gasteiger partial charge in [-0.05, 0) is 37.1 Å².